The van der Waals surface area contributed by atoms with Crippen molar-refractivity contribution in [3.8, 4) is 0 Å². The molecule has 0 atom stereocenters. The van der Waals surface area contributed by atoms with Gasteiger partial charge < -0.3 is 5.73 Å². The monoisotopic (exact) mass is 304 g/mol. The molecule has 1 aliphatic rings. The zero-order valence-electron chi connectivity index (χ0n) is 9.89. The first kappa shape index (κ1) is 13.9. The lowest BCUT2D eigenvalue weighted by Gasteiger charge is -2.03. The summed E-state index contributed by atoms with van der Waals surface area (Å²) in [6.07, 6.45) is 4.62. The van der Waals surface area contributed by atoms with Gasteiger partial charge in [0.25, 0.3) is 0 Å². The van der Waals surface area contributed by atoms with Crippen LogP contribution in [0.4, 0.5) is 0 Å². The largest absolute Gasteiger partial charge is 0.389 e. The van der Waals surface area contributed by atoms with Crippen LogP contribution in [-0.2, 0) is 10.0 Å². The zero-order chi connectivity index (χ0) is 13.2. The Morgan fingerprint density at radius 2 is 2.22 bits per heavy atom. The number of nitrogens with one attached hydrogen (secondary N) is 1. The van der Waals surface area contributed by atoms with Crippen molar-refractivity contribution in [2.24, 2.45) is 11.7 Å². The van der Waals surface area contributed by atoms with Crippen LogP contribution < -0.4 is 10.5 Å². The number of sulfonamides is 1. The normalized spacial score (nSPS) is 15.8. The fraction of sp³-hybridized carbons (Fsp3) is 0.545. The highest BCUT2D eigenvalue weighted by molar-refractivity contribution is 7.91. The van der Waals surface area contributed by atoms with E-state index in [1.807, 2.05) is 0 Å². The summed E-state index contributed by atoms with van der Waals surface area (Å²) in [5.41, 5.74) is 5.46. The van der Waals surface area contributed by atoms with Gasteiger partial charge in [-0.1, -0.05) is 25.1 Å². The number of rotatable bonds is 7. The third-order valence-corrected chi connectivity index (χ3v) is 6.29. The van der Waals surface area contributed by atoms with Gasteiger partial charge in [-0.15, -0.1) is 11.3 Å². The third-order valence-electron chi connectivity index (χ3n) is 2.87. The maximum absolute atomic E-state index is 11.9. The summed E-state index contributed by atoms with van der Waals surface area (Å²) in [7, 11) is -3.40. The van der Waals surface area contributed by atoms with Gasteiger partial charge in [0, 0.05) is 6.54 Å². The molecule has 1 aromatic rings. The SMILES string of the molecule is NC(=S)c1ccc(S(=O)(=O)NCCCC2CC2)s1. The van der Waals surface area contributed by atoms with E-state index in [-0.39, 0.29) is 9.20 Å². The molecule has 7 heteroatoms. The van der Waals surface area contributed by atoms with Crippen LogP contribution in [-0.4, -0.2) is 20.0 Å². The Balaban J connectivity index is 1.89. The average Bonchev–Trinajstić information content (AvgIpc) is 2.96. The summed E-state index contributed by atoms with van der Waals surface area (Å²) < 4.78 is 26.8. The number of thiocarbonyl (C=S) groups is 1. The third kappa shape index (κ3) is 3.74. The van der Waals surface area contributed by atoms with Gasteiger partial charge in [0.2, 0.25) is 10.0 Å². The molecule has 1 fully saturated rings. The second kappa shape index (κ2) is 5.64. The highest BCUT2D eigenvalue weighted by Crippen LogP contribution is 2.33. The highest BCUT2D eigenvalue weighted by Gasteiger charge is 2.21. The van der Waals surface area contributed by atoms with E-state index < -0.39 is 10.0 Å². The van der Waals surface area contributed by atoms with Crippen molar-refractivity contribution >= 4 is 38.6 Å². The Labute approximate surface area is 117 Å². The van der Waals surface area contributed by atoms with E-state index in [0.29, 0.717) is 11.4 Å². The molecular weight excluding hydrogens is 288 g/mol. The number of nitrogens with two attached hydrogens (primary N) is 1. The molecule has 0 aromatic carbocycles. The van der Waals surface area contributed by atoms with Crippen LogP contribution >= 0.6 is 23.6 Å². The summed E-state index contributed by atoms with van der Waals surface area (Å²) in [6.45, 7) is 0.499. The van der Waals surface area contributed by atoms with E-state index in [1.54, 1.807) is 12.1 Å². The summed E-state index contributed by atoms with van der Waals surface area (Å²) in [4.78, 5) is 0.860. The predicted octanol–water partition coefficient (Wildman–Crippen LogP) is 1.85. The lowest BCUT2D eigenvalue weighted by atomic mass is 10.2. The van der Waals surface area contributed by atoms with Crippen LogP contribution in [0.2, 0.25) is 0 Å². The average molecular weight is 304 g/mol. The van der Waals surface area contributed by atoms with Crippen molar-refractivity contribution < 1.29 is 8.42 Å². The molecule has 0 amide bonds. The predicted molar refractivity (Wildman–Crippen MR) is 77.4 cm³/mol. The Morgan fingerprint density at radius 1 is 1.50 bits per heavy atom. The van der Waals surface area contributed by atoms with Gasteiger partial charge in [-0.05, 0) is 30.9 Å². The summed E-state index contributed by atoms with van der Waals surface area (Å²) >= 11 is 5.92. The van der Waals surface area contributed by atoms with E-state index in [0.717, 1.165) is 30.1 Å². The fourth-order valence-corrected chi connectivity index (χ4v) is 4.14. The molecule has 0 saturated heterocycles. The lowest BCUT2D eigenvalue weighted by Crippen LogP contribution is -2.24. The first-order valence-corrected chi connectivity index (χ1v) is 8.59. The molecular formula is C11H16N2O2S3. The van der Waals surface area contributed by atoms with Crippen LogP contribution in [0, 0.1) is 5.92 Å². The molecule has 0 unspecified atom stereocenters. The maximum Gasteiger partial charge on any atom is 0.250 e. The van der Waals surface area contributed by atoms with E-state index >= 15 is 0 Å². The molecule has 1 aromatic heterocycles. The van der Waals surface area contributed by atoms with Crippen molar-refractivity contribution in [1.82, 2.24) is 4.72 Å². The number of hydrogen-bond donors (Lipinski definition) is 2. The Kier molecular flexibility index (Phi) is 4.37. The quantitative estimate of drug-likeness (QED) is 0.596. The Hall–Kier alpha value is -0.500. The van der Waals surface area contributed by atoms with E-state index in [4.69, 9.17) is 18.0 Å². The topological polar surface area (TPSA) is 72.2 Å². The summed E-state index contributed by atoms with van der Waals surface area (Å²) in [6, 6.07) is 3.19. The minimum absolute atomic E-state index is 0.232. The van der Waals surface area contributed by atoms with E-state index in [2.05, 4.69) is 4.72 Å². The lowest BCUT2D eigenvalue weighted by molar-refractivity contribution is 0.574. The second-order valence-electron chi connectivity index (χ2n) is 4.47. The van der Waals surface area contributed by atoms with Crippen LogP contribution in [0.3, 0.4) is 0 Å². The molecule has 0 spiro atoms. The van der Waals surface area contributed by atoms with Crippen LogP contribution in [0.25, 0.3) is 0 Å². The van der Waals surface area contributed by atoms with Gasteiger partial charge in [0.05, 0.1) is 4.88 Å². The van der Waals surface area contributed by atoms with Gasteiger partial charge in [-0.2, -0.15) is 0 Å². The molecule has 100 valence electrons. The summed E-state index contributed by atoms with van der Waals surface area (Å²) in [5.74, 6) is 0.831. The number of hydrogen-bond acceptors (Lipinski definition) is 4. The fourth-order valence-electron chi connectivity index (χ4n) is 1.67. The first-order valence-electron chi connectivity index (χ1n) is 5.88. The molecule has 1 saturated carbocycles. The van der Waals surface area contributed by atoms with Crippen molar-refractivity contribution in [3.63, 3.8) is 0 Å². The molecule has 0 bridgehead atoms. The molecule has 1 aliphatic carbocycles. The maximum atomic E-state index is 11.9. The Morgan fingerprint density at radius 3 is 2.78 bits per heavy atom. The molecule has 4 nitrogen and oxygen atoms in total. The van der Waals surface area contributed by atoms with Gasteiger partial charge >= 0.3 is 0 Å². The zero-order valence-corrected chi connectivity index (χ0v) is 12.3. The van der Waals surface area contributed by atoms with Crippen LogP contribution in [0.1, 0.15) is 30.6 Å². The molecule has 2 rings (SSSR count). The minimum atomic E-state index is -3.40. The molecule has 0 aliphatic heterocycles. The van der Waals surface area contributed by atoms with Crippen LogP contribution in [0.5, 0.6) is 0 Å². The van der Waals surface area contributed by atoms with Gasteiger partial charge in [0.15, 0.2) is 0 Å². The van der Waals surface area contributed by atoms with Crippen molar-refractivity contribution in [1.29, 1.82) is 0 Å². The molecule has 3 N–H and O–H groups in total. The molecule has 1 heterocycles. The van der Waals surface area contributed by atoms with Crippen molar-refractivity contribution in [2.45, 2.75) is 29.9 Å². The Bertz CT molecular complexity index is 532. The van der Waals surface area contributed by atoms with E-state index in [1.165, 1.54) is 12.8 Å². The van der Waals surface area contributed by atoms with Crippen molar-refractivity contribution in [3.05, 3.63) is 17.0 Å². The number of thiophene rings is 1. The van der Waals surface area contributed by atoms with E-state index in [9.17, 15) is 8.42 Å². The molecule has 18 heavy (non-hydrogen) atoms. The smallest absolute Gasteiger partial charge is 0.250 e. The van der Waals surface area contributed by atoms with Gasteiger partial charge in [-0.25, -0.2) is 13.1 Å². The van der Waals surface area contributed by atoms with Gasteiger partial charge in [-0.3, -0.25) is 0 Å². The minimum Gasteiger partial charge on any atom is -0.389 e. The molecule has 0 radical (unpaired) electrons. The second-order valence-corrected chi connectivity index (χ2v) is 7.98. The summed E-state index contributed by atoms with van der Waals surface area (Å²) in [5, 5.41) is 0. The van der Waals surface area contributed by atoms with Crippen molar-refractivity contribution in [2.75, 3.05) is 6.54 Å². The highest BCUT2D eigenvalue weighted by atomic mass is 32.2. The van der Waals surface area contributed by atoms with Crippen LogP contribution in [0.15, 0.2) is 16.3 Å². The first-order chi connectivity index (χ1) is 8.49. The van der Waals surface area contributed by atoms with Gasteiger partial charge in [0.1, 0.15) is 9.20 Å². The standard InChI is InChI=1S/C11H16N2O2S3/c12-11(16)9-5-6-10(17-9)18(14,15)13-7-1-2-8-3-4-8/h5-6,8,13H,1-4,7H2,(H2,12,16).